The number of aromatic nitrogens is 1. The summed E-state index contributed by atoms with van der Waals surface area (Å²) in [5.41, 5.74) is 4.07. The fourth-order valence-corrected chi connectivity index (χ4v) is 2.67. The predicted molar refractivity (Wildman–Crippen MR) is 70.5 cm³/mol. The molecule has 3 rings (SSSR count). The van der Waals surface area contributed by atoms with Gasteiger partial charge in [-0.15, -0.1) is 0 Å². The van der Waals surface area contributed by atoms with Crippen molar-refractivity contribution >= 4 is 23.1 Å². The van der Waals surface area contributed by atoms with Crippen LogP contribution in [0, 0.1) is 0 Å². The maximum absolute atomic E-state index is 12.0. The van der Waals surface area contributed by atoms with E-state index in [1.165, 1.54) is 17.3 Å². The van der Waals surface area contributed by atoms with Crippen LogP contribution in [0.5, 0.6) is 0 Å². The summed E-state index contributed by atoms with van der Waals surface area (Å²) >= 11 is 0. The SMILES string of the molecule is NN=CNC(=O)c1[nH]c2cccc3c2c1CCC3. The number of aryl methyl sites for hydroxylation is 2. The topological polar surface area (TPSA) is 83.3 Å². The maximum Gasteiger partial charge on any atom is 0.273 e. The van der Waals surface area contributed by atoms with E-state index in [0.29, 0.717) is 5.69 Å². The molecule has 0 unspecified atom stereocenters. The number of carbonyl (C=O) groups excluding carboxylic acids is 1. The Morgan fingerprint density at radius 3 is 3.17 bits per heavy atom. The van der Waals surface area contributed by atoms with Crippen molar-refractivity contribution < 1.29 is 4.79 Å². The van der Waals surface area contributed by atoms with E-state index in [9.17, 15) is 4.79 Å². The molecule has 0 radical (unpaired) electrons. The Balaban J connectivity index is 2.14. The minimum Gasteiger partial charge on any atom is -0.350 e. The summed E-state index contributed by atoms with van der Waals surface area (Å²) in [7, 11) is 0. The zero-order chi connectivity index (χ0) is 12.5. The van der Waals surface area contributed by atoms with Crippen LogP contribution in [0.4, 0.5) is 0 Å². The molecule has 5 heteroatoms. The number of rotatable bonds is 2. The van der Waals surface area contributed by atoms with Crippen LogP contribution in [0.25, 0.3) is 10.9 Å². The zero-order valence-electron chi connectivity index (χ0n) is 9.86. The summed E-state index contributed by atoms with van der Waals surface area (Å²) in [5.74, 6) is 4.79. The first-order chi connectivity index (χ1) is 8.81. The summed E-state index contributed by atoms with van der Waals surface area (Å²) in [5, 5.41) is 7.02. The summed E-state index contributed by atoms with van der Waals surface area (Å²) < 4.78 is 0. The molecule has 2 aromatic rings. The van der Waals surface area contributed by atoms with Crippen molar-refractivity contribution in [3.8, 4) is 0 Å². The number of carbonyl (C=O) groups is 1. The van der Waals surface area contributed by atoms with E-state index in [1.54, 1.807) is 0 Å². The molecule has 0 fully saturated rings. The molecule has 5 nitrogen and oxygen atoms in total. The van der Waals surface area contributed by atoms with Crippen LogP contribution in [-0.4, -0.2) is 17.2 Å². The number of hydrogen-bond acceptors (Lipinski definition) is 3. The van der Waals surface area contributed by atoms with Gasteiger partial charge in [-0.3, -0.25) is 4.79 Å². The number of benzene rings is 1. The van der Waals surface area contributed by atoms with E-state index in [1.807, 2.05) is 12.1 Å². The molecule has 0 spiro atoms. The second kappa shape index (κ2) is 4.18. The van der Waals surface area contributed by atoms with Crippen LogP contribution in [0.15, 0.2) is 23.3 Å². The zero-order valence-corrected chi connectivity index (χ0v) is 9.86. The van der Waals surface area contributed by atoms with Crippen molar-refractivity contribution in [3.05, 3.63) is 35.0 Å². The lowest BCUT2D eigenvalue weighted by Crippen LogP contribution is -2.23. The number of hydrazone groups is 1. The molecule has 0 saturated heterocycles. The van der Waals surface area contributed by atoms with Gasteiger partial charge in [0.15, 0.2) is 0 Å². The first kappa shape index (κ1) is 10.8. The van der Waals surface area contributed by atoms with E-state index in [0.717, 1.165) is 30.3 Å². The van der Waals surface area contributed by atoms with E-state index < -0.39 is 0 Å². The lowest BCUT2D eigenvalue weighted by atomic mass is 9.91. The highest BCUT2D eigenvalue weighted by molar-refractivity contribution is 6.05. The van der Waals surface area contributed by atoms with Gasteiger partial charge in [-0.25, -0.2) is 0 Å². The number of nitrogens with zero attached hydrogens (tertiary/aromatic N) is 1. The molecule has 0 aliphatic heterocycles. The third-order valence-corrected chi connectivity index (χ3v) is 3.38. The van der Waals surface area contributed by atoms with E-state index >= 15 is 0 Å². The Bertz CT molecular complexity index is 642. The molecule has 1 aliphatic carbocycles. The van der Waals surface area contributed by atoms with Gasteiger partial charge in [0.05, 0.1) is 0 Å². The molecule has 0 saturated carbocycles. The molecule has 92 valence electrons. The molecule has 1 aliphatic rings. The number of hydrogen-bond donors (Lipinski definition) is 3. The van der Waals surface area contributed by atoms with Gasteiger partial charge in [-0.1, -0.05) is 12.1 Å². The lowest BCUT2D eigenvalue weighted by Gasteiger charge is -2.12. The Kier molecular flexibility index (Phi) is 2.51. The van der Waals surface area contributed by atoms with E-state index in [4.69, 9.17) is 5.84 Å². The van der Waals surface area contributed by atoms with Crippen LogP contribution in [0.2, 0.25) is 0 Å². The molecule has 18 heavy (non-hydrogen) atoms. The van der Waals surface area contributed by atoms with Gasteiger partial charge in [0.25, 0.3) is 5.91 Å². The fourth-order valence-electron chi connectivity index (χ4n) is 2.67. The number of H-pyrrole nitrogens is 1. The molecule has 1 aromatic carbocycles. The Morgan fingerprint density at radius 1 is 1.44 bits per heavy atom. The first-order valence-corrected chi connectivity index (χ1v) is 5.96. The predicted octanol–water partition coefficient (Wildman–Crippen LogP) is 1.29. The van der Waals surface area contributed by atoms with Crippen molar-refractivity contribution in [2.24, 2.45) is 10.9 Å². The number of amides is 1. The highest BCUT2D eigenvalue weighted by atomic mass is 16.1. The quantitative estimate of drug-likeness (QED) is 0.321. The smallest absolute Gasteiger partial charge is 0.273 e. The molecular weight excluding hydrogens is 228 g/mol. The minimum atomic E-state index is -0.191. The molecule has 0 atom stereocenters. The average Bonchev–Trinajstić information content (AvgIpc) is 2.78. The maximum atomic E-state index is 12.0. The van der Waals surface area contributed by atoms with E-state index in [-0.39, 0.29) is 5.91 Å². The molecular formula is C13H14N4O. The molecule has 1 amide bonds. The van der Waals surface area contributed by atoms with Crippen LogP contribution >= 0.6 is 0 Å². The Morgan fingerprint density at radius 2 is 2.33 bits per heavy atom. The normalized spacial score (nSPS) is 14.2. The second-order valence-electron chi connectivity index (χ2n) is 4.42. The van der Waals surface area contributed by atoms with Gasteiger partial charge in [0.1, 0.15) is 12.0 Å². The Labute approximate surface area is 104 Å². The molecule has 0 bridgehead atoms. The number of nitrogens with two attached hydrogens (primary N) is 1. The summed E-state index contributed by atoms with van der Waals surface area (Å²) in [6, 6.07) is 6.15. The molecule has 1 aromatic heterocycles. The van der Waals surface area contributed by atoms with Gasteiger partial charge in [-0.2, -0.15) is 5.10 Å². The highest BCUT2D eigenvalue weighted by Gasteiger charge is 2.21. The fraction of sp³-hybridized carbons (Fsp3) is 0.231. The van der Waals surface area contributed by atoms with E-state index in [2.05, 4.69) is 21.5 Å². The minimum absolute atomic E-state index is 0.191. The van der Waals surface area contributed by atoms with Crippen molar-refractivity contribution in [3.63, 3.8) is 0 Å². The van der Waals surface area contributed by atoms with Crippen LogP contribution in [0.3, 0.4) is 0 Å². The third kappa shape index (κ3) is 1.55. The van der Waals surface area contributed by atoms with Crippen molar-refractivity contribution in [2.75, 3.05) is 0 Å². The average molecular weight is 242 g/mol. The molecule has 4 N–H and O–H groups in total. The van der Waals surface area contributed by atoms with Crippen LogP contribution < -0.4 is 11.2 Å². The summed E-state index contributed by atoms with van der Waals surface area (Å²) in [4.78, 5) is 15.2. The van der Waals surface area contributed by atoms with Gasteiger partial charge >= 0.3 is 0 Å². The lowest BCUT2D eigenvalue weighted by molar-refractivity contribution is 0.0973. The standard InChI is InChI=1S/C13H14N4O/c14-16-7-15-13(18)12-9-5-1-3-8-4-2-6-10(17-12)11(8)9/h2,4,6-7,17H,1,3,5,14H2,(H,15,16,18). The molecule has 1 heterocycles. The van der Waals surface area contributed by atoms with Crippen molar-refractivity contribution in [1.29, 1.82) is 0 Å². The first-order valence-electron chi connectivity index (χ1n) is 5.96. The van der Waals surface area contributed by atoms with Crippen LogP contribution in [-0.2, 0) is 12.8 Å². The van der Waals surface area contributed by atoms with Crippen molar-refractivity contribution in [1.82, 2.24) is 10.3 Å². The second-order valence-corrected chi connectivity index (χ2v) is 4.42. The third-order valence-electron chi connectivity index (χ3n) is 3.38. The summed E-state index contributed by atoms with van der Waals surface area (Å²) in [6.45, 7) is 0. The largest absolute Gasteiger partial charge is 0.350 e. The summed E-state index contributed by atoms with van der Waals surface area (Å²) in [6.07, 6.45) is 4.28. The number of aromatic amines is 1. The highest BCUT2D eigenvalue weighted by Crippen LogP contribution is 2.31. The van der Waals surface area contributed by atoms with Gasteiger partial charge in [0.2, 0.25) is 0 Å². The Hall–Kier alpha value is -2.30. The van der Waals surface area contributed by atoms with Crippen molar-refractivity contribution in [2.45, 2.75) is 19.3 Å². The van der Waals surface area contributed by atoms with Gasteiger partial charge in [0, 0.05) is 10.9 Å². The monoisotopic (exact) mass is 242 g/mol. The van der Waals surface area contributed by atoms with Gasteiger partial charge < -0.3 is 16.1 Å². The number of nitrogens with one attached hydrogen (secondary N) is 2. The van der Waals surface area contributed by atoms with Gasteiger partial charge in [-0.05, 0) is 36.5 Å². The van der Waals surface area contributed by atoms with Crippen LogP contribution in [0.1, 0.15) is 28.0 Å².